The number of nitrogens with one attached hydrogen (secondary N) is 1. The van der Waals surface area contributed by atoms with Crippen LogP contribution >= 0.6 is 0 Å². The van der Waals surface area contributed by atoms with Gasteiger partial charge in [-0.2, -0.15) is 8.78 Å². The van der Waals surface area contributed by atoms with E-state index in [0.29, 0.717) is 4.57 Å². The quantitative estimate of drug-likeness (QED) is 0.820. The average molecular weight is 271 g/mol. The molecule has 100 valence electrons. The number of aromatic nitrogens is 6. The van der Waals surface area contributed by atoms with E-state index in [1.807, 2.05) is 0 Å². The summed E-state index contributed by atoms with van der Waals surface area (Å²) in [6, 6.07) is 0. The second-order valence-electron chi connectivity index (χ2n) is 3.86. The standard InChI is InChI=1S/C8H7F2N7O2/c9-7(10)17-4-2-16(8(18)19)1-3(4)11-6(17)5-12-14-15-13-5/h7H,1-2H2,(H,18,19)(H,12,13,14,15). The molecule has 3 heterocycles. The molecule has 0 aliphatic carbocycles. The molecule has 11 heteroatoms. The van der Waals surface area contributed by atoms with Gasteiger partial charge < -0.3 is 5.11 Å². The van der Waals surface area contributed by atoms with Crippen LogP contribution in [0.3, 0.4) is 0 Å². The van der Waals surface area contributed by atoms with Crippen LogP contribution in [-0.4, -0.2) is 46.3 Å². The van der Waals surface area contributed by atoms with Crippen LogP contribution < -0.4 is 0 Å². The van der Waals surface area contributed by atoms with E-state index in [-0.39, 0.29) is 36.1 Å². The Bertz CT molecular complexity index is 623. The lowest BCUT2D eigenvalue weighted by molar-refractivity contribution is 0.0671. The van der Waals surface area contributed by atoms with Crippen LogP contribution in [0.15, 0.2) is 0 Å². The van der Waals surface area contributed by atoms with E-state index >= 15 is 0 Å². The molecule has 3 rings (SSSR count). The van der Waals surface area contributed by atoms with Crippen molar-refractivity contribution >= 4 is 6.09 Å². The van der Waals surface area contributed by atoms with Crippen molar-refractivity contribution in [2.24, 2.45) is 0 Å². The summed E-state index contributed by atoms with van der Waals surface area (Å²) in [5.74, 6) is -0.0911. The van der Waals surface area contributed by atoms with E-state index in [4.69, 9.17) is 5.11 Å². The van der Waals surface area contributed by atoms with Crippen LogP contribution in [0.5, 0.6) is 0 Å². The van der Waals surface area contributed by atoms with Crippen LogP contribution in [0, 0.1) is 0 Å². The number of hydrogen-bond acceptors (Lipinski definition) is 5. The van der Waals surface area contributed by atoms with Crippen LogP contribution in [0.4, 0.5) is 13.6 Å². The summed E-state index contributed by atoms with van der Waals surface area (Å²) in [6.45, 7) is -3.02. The maximum Gasteiger partial charge on any atom is 0.408 e. The van der Waals surface area contributed by atoms with E-state index in [2.05, 4.69) is 25.6 Å². The first-order valence-corrected chi connectivity index (χ1v) is 5.18. The van der Waals surface area contributed by atoms with Gasteiger partial charge >= 0.3 is 12.6 Å². The molecule has 0 fully saturated rings. The Kier molecular flexibility index (Phi) is 2.40. The molecule has 2 aromatic heterocycles. The number of carbonyl (C=O) groups is 1. The van der Waals surface area contributed by atoms with Crippen LogP contribution in [0.1, 0.15) is 17.9 Å². The van der Waals surface area contributed by atoms with Gasteiger partial charge in [-0.15, -0.1) is 5.10 Å². The summed E-state index contributed by atoms with van der Waals surface area (Å²) in [6.07, 6.45) is -1.18. The molecular formula is C8H7F2N7O2. The Morgan fingerprint density at radius 3 is 2.79 bits per heavy atom. The predicted octanol–water partition coefficient (Wildman–Crippen LogP) is 0.452. The van der Waals surface area contributed by atoms with Crippen molar-refractivity contribution in [3.63, 3.8) is 0 Å². The summed E-state index contributed by atoms with van der Waals surface area (Å²) in [7, 11) is 0. The first-order chi connectivity index (χ1) is 9.08. The zero-order valence-corrected chi connectivity index (χ0v) is 9.29. The molecule has 0 atom stereocenters. The van der Waals surface area contributed by atoms with Crippen LogP contribution in [0.25, 0.3) is 11.6 Å². The van der Waals surface area contributed by atoms with Crippen LogP contribution in [0.2, 0.25) is 0 Å². The fourth-order valence-corrected chi connectivity index (χ4v) is 1.99. The molecule has 0 saturated heterocycles. The molecule has 9 nitrogen and oxygen atoms in total. The van der Waals surface area contributed by atoms with Crippen molar-refractivity contribution < 1.29 is 18.7 Å². The minimum atomic E-state index is -2.86. The Morgan fingerprint density at radius 2 is 2.21 bits per heavy atom. The van der Waals surface area contributed by atoms with E-state index in [9.17, 15) is 13.6 Å². The molecule has 0 radical (unpaired) electrons. The highest BCUT2D eigenvalue weighted by Gasteiger charge is 2.33. The summed E-state index contributed by atoms with van der Waals surface area (Å²) in [4.78, 5) is 15.8. The number of hydrogen-bond donors (Lipinski definition) is 2. The molecule has 0 unspecified atom stereocenters. The van der Waals surface area contributed by atoms with Crippen molar-refractivity contribution in [2.45, 2.75) is 19.6 Å². The van der Waals surface area contributed by atoms with E-state index in [1.165, 1.54) is 0 Å². The van der Waals surface area contributed by atoms with Gasteiger partial charge in [0.1, 0.15) is 0 Å². The first kappa shape index (κ1) is 11.5. The highest BCUT2D eigenvalue weighted by molar-refractivity contribution is 5.66. The largest absolute Gasteiger partial charge is 0.465 e. The Balaban J connectivity index is 2.07. The fraction of sp³-hybridized carbons (Fsp3) is 0.375. The van der Waals surface area contributed by atoms with Crippen molar-refractivity contribution in [1.29, 1.82) is 0 Å². The molecule has 1 amide bonds. The molecule has 1 aliphatic heterocycles. The maximum absolute atomic E-state index is 13.1. The van der Waals surface area contributed by atoms with Gasteiger partial charge in [-0.3, -0.25) is 9.47 Å². The van der Waals surface area contributed by atoms with E-state index in [1.54, 1.807) is 0 Å². The third kappa shape index (κ3) is 1.70. The molecule has 0 saturated carbocycles. The number of tetrazole rings is 1. The van der Waals surface area contributed by atoms with Gasteiger partial charge in [0.2, 0.25) is 5.82 Å². The number of alkyl halides is 2. The van der Waals surface area contributed by atoms with E-state index < -0.39 is 12.6 Å². The molecule has 2 N–H and O–H groups in total. The lowest BCUT2D eigenvalue weighted by atomic mass is 10.4. The summed E-state index contributed by atoms with van der Waals surface area (Å²) >= 11 is 0. The molecular weight excluding hydrogens is 264 g/mol. The summed E-state index contributed by atoms with van der Waals surface area (Å²) < 4.78 is 26.9. The normalized spacial score (nSPS) is 14.2. The monoisotopic (exact) mass is 271 g/mol. The van der Waals surface area contributed by atoms with Gasteiger partial charge in [0.05, 0.1) is 24.5 Å². The summed E-state index contributed by atoms with van der Waals surface area (Å²) in [5.41, 5.74) is 0.443. The molecule has 2 aromatic rings. The highest BCUT2D eigenvalue weighted by atomic mass is 19.3. The van der Waals surface area contributed by atoms with Gasteiger partial charge in [0.15, 0.2) is 5.82 Å². The predicted molar refractivity (Wildman–Crippen MR) is 53.9 cm³/mol. The highest BCUT2D eigenvalue weighted by Crippen LogP contribution is 2.31. The number of fused-ring (bicyclic) bond motifs is 1. The SMILES string of the molecule is O=C(O)N1Cc2nc(-c3nnn[nH]3)n(C(F)F)c2C1. The average Bonchev–Trinajstić information content (AvgIpc) is 3.02. The van der Waals surface area contributed by atoms with Crippen molar-refractivity contribution in [1.82, 2.24) is 35.1 Å². The van der Waals surface area contributed by atoms with Gasteiger partial charge in [-0.1, -0.05) is 0 Å². The number of amides is 1. The van der Waals surface area contributed by atoms with Gasteiger partial charge in [0, 0.05) is 0 Å². The number of imidazole rings is 1. The Morgan fingerprint density at radius 1 is 1.42 bits per heavy atom. The molecule has 0 aromatic carbocycles. The number of rotatable bonds is 2. The Labute approximate surface area is 103 Å². The fourth-order valence-electron chi connectivity index (χ4n) is 1.99. The number of halogens is 2. The molecule has 19 heavy (non-hydrogen) atoms. The van der Waals surface area contributed by atoms with Gasteiger partial charge in [-0.05, 0) is 10.4 Å². The number of carboxylic acid groups (broad SMARTS) is 1. The second-order valence-corrected chi connectivity index (χ2v) is 3.86. The minimum Gasteiger partial charge on any atom is -0.465 e. The Hall–Kier alpha value is -2.59. The first-order valence-electron chi connectivity index (χ1n) is 5.18. The topological polar surface area (TPSA) is 113 Å². The van der Waals surface area contributed by atoms with Crippen molar-refractivity contribution in [3.8, 4) is 11.6 Å². The smallest absolute Gasteiger partial charge is 0.408 e. The van der Waals surface area contributed by atoms with Gasteiger partial charge in [-0.25, -0.2) is 14.9 Å². The second kappa shape index (κ2) is 3.96. The molecule has 0 spiro atoms. The van der Waals surface area contributed by atoms with Crippen molar-refractivity contribution in [3.05, 3.63) is 11.4 Å². The maximum atomic E-state index is 13.1. The third-order valence-corrected chi connectivity index (χ3v) is 2.80. The lowest BCUT2D eigenvalue weighted by Crippen LogP contribution is -2.24. The molecule has 1 aliphatic rings. The van der Waals surface area contributed by atoms with Crippen LogP contribution in [-0.2, 0) is 13.1 Å². The number of H-pyrrole nitrogens is 1. The summed E-state index contributed by atoms with van der Waals surface area (Å²) in [5, 5.41) is 21.3. The molecule has 0 bridgehead atoms. The lowest BCUT2D eigenvalue weighted by Gasteiger charge is -2.12. The van der Waals surface area contributed by atoms with Gasteiger partial charge in [0.25, 0.3) is 0 Å². The number of aromatic amines is 1. The van der Waals surface area contributed by atoms with Crippen molar-refractivity contribution in [2.75, 3.05) is 0 Å². The third-order valence-electron chi connectivity index (χ3n) is 2.80. The number of nitrogens with zero attached hydrogens (tertiary/aromatic N) is 6. The van der Waals surface area contributed by atoms with E-state index in [0.717, 1.165) is 4.90 Å². The zero-order valence-electron chi connectivity index (χ0n) is 9.29. The minimum absolute atomic E-state index is 0.0107. The zero-order chi connectivity index (χ0) is 13.6.